The number of rotatable bonds is 8. The third-order valence-corrected chi connectivity index (χ3v) is 5.80. The van der Waals surface area contributed by atoms with Crippen LogP contribution >= 0.6 is 0 Å². The highest BCUT2D eigenvalue weighted by molar-refractivity contribution is 7.92. The Kier molecular flexibility index (Phi) is 6.56. The zero-order chi connectivity index (χ0) is 24.3. The maximum Gasteiger partial charge on any atom is 0.254 e. The second-order valence-electron chi connectivity index (χ2n) is 7.74. The fourth-order valence-electron chi connectivity index (χ4n) is 3.62. The minimum atomic E-state index is -3.57. The van der Waals surface area contributed by atoms with Crippen LogP contribution < -0.4 is 26.0 Å². The standard InChI is InChI=1S/C21H26N8O4S/c1-28-18(6-8-24-28)26-21-19(20(22)30)16(5-7-23-21)25-15-4-3-14(29-9-11-33-12-10-29)13-17(15)27-34(2,31)32/h3-8,13,27H,9-12H2,1-2H3,(H2,22,30)(H2,23,25,26). The number of hydrogen-bond acceptors (Lipinski definition) is 9. The minimum Gasteiger partial charge on any atom is -0.378 e. The predicted molar refractivity (Wildman–Crippen MR) is 130 cm³/mol. The van der Waals surface area contributed by atoms with Gasteiger partial charge in [0.2, 0.25) is 10.0 Å². The van der Waals surface area contributed by atoms with Crippen molar-refractivity contribution in [2.45, 2.75) is 0 Å². The summed E-state index contributed by atoms with van der Waals surface area (Å²) in [5.74, 6) is 0.146. The smallest absolute Gasteiger partial charge is 0.254 e. The number of ether oxygens (including phenoxy) is 1. The number of aryl methyl sites for hydroxylation is 1. The number of nitrogens with zero attached hydrogens (tertiary/aromatic N) is 4. The lowest BCUT2D eigenvalue weighted by atomic mass is 10.1. The van der Waals surface area contributed by atoms with Crippen molar-refractivity contribution in [2.75, 3.05) is 52.8 Å². The lowest BCUT2D eigenvalue weighted by Crippen LogP contribution is -2.36. The van der Waals surface area contributed by atoms with Crippen LogP contribution in [0.25, 0.3) is 0 Å². The average Bonchev–Trinajstić information content (AvgIpc) is 3.19. The second kappa shape index (κ2) is 9.57. The van der Waals surface area contributed by atoms with Crippen molar-refractivity contribution >= 4 is 50.3 Å². The highest BCUT2D eigenvalue weighted by Crippen LogP contribution is 2.34. The summed E-state index contributed by atoms with van der Waals surface area (Å²) in [6.45, 7) is 2.59. The molecule has 34 heavy (non-hydrogen) atoms. The zero-order valence-electron chi connectivity index (χ0n) is 18.8. The van der Waals surface area contributed by atoms with Crippen LogP contribution in [0.4, 0.5) is 34.4 Å². The van der Waals surface area contributed by atoms with Gasteiger partial charge < -0.3 is 26.0 Å². The molecule has 1 fully saturated rings. The SMILES string of the molecule is Cn1nccc1Nc1nccc(Nc2ccc(N3CCOCC3)cc2NS(C)(=O)=O)c1C(N)=O. The molecule has 1 aliphatic heterocycles. The molecule has 3 aromatic rings. The third kappa shape index (κ3) is 5.38. The first-order chi connectivity index (χ1) is 16.2. The number of primary amides is 1. The lowest BCUT2D eigenvalue weighted by Gasteiger charge is -2.29. The van der Waals surface area contributed by atoms with Gasteiger partial charge in [-0.15, -0.1) is 0 Å². The number of benzene rings is 1. The Morgan fingerprint density at radius 3 is 2.47 bits per heavy atom. The van der Waals surface area contributed by atoms with Crippen LogP contribution in [0.2, 0.25) is 0 Å². The van der Waals surface area contributed by atoms with Gasteiger partial charge in [-0.25, -0.2) is 13.4 Å². The van der Waals surface area contributed by atoms with E-state index in [-0.39, 0.29) is 11.4 Å². The maximum atomic E-state index is 12.4. The summed E-state index contributed by atoms with van der Waals surface area (Å²) in [5, 5.41) is 10.3. The van der Waals surface area contributed by atoms with E-state index in [0.29, 0.717) is 49.2 Å². The van der Waals surface area contributed by atoms with Gasteiger partial charge in [-0.3, -0.25) is 14.2 Å². The fraction of sp³-hybridized carbons (Fsp3) is 0.286. The Morgan fingerprint density at radius 2 is 1.82 bits per heavy atom. The van der Waals surface area contributed by atoms with Crippen LogP contribution in [0.3, 0.4) is 0 Å². The van der Waals surface area contributed by atoms with E-state index in [4.69, 9.17) is 10.5 Å². The first-order valence-corrected chi connectivity index (χ1v) is 12.4. The number of sulfonamides is 1. The van der Waals surface area contributed by atoms with Gasteiger partial charge in [-0.05, 0) is 24.3 Å². The summed E-state index contributed by atoms with van der Waals surface area (Å²) in [4.78, 5) is 18.7. The molecule has 1 amide bonds. The molecule has 0 unspecified atom stereocenters. The summed E-state index contributed by atoms with van der Waals surface area (Å²) >= 11 is 0. The van der Waals surface area contributed by atoms with Gasteiger partial charge in [0.1, 0.15) is 17.2 Å². The topological polar surface area (TPSA) is 156 Å². The Hall–Kier alpha value is -3.84. The van der Waals surface area contributed by atoms with Gasteiger partial charge >= 0.3 is 0 Å². The van der Waals surface area contributed by atoms with Gasteiger partial charge in [-0.2, -0.15) is 5.10 Å². The van der Waals surface area contributed by atoms with Crippen LogP contribution in [-0.4, -0.2) is 61.6 Å². The number of carbonyl (C=O) groups excluding carboxylic acids is 1. The number of anilines is 6. The summed E-state index contributed by atoms with van der Waals surface area (Å²) in [6, 6.07) is 8.69. The number of aromatic nitrogens is 3. The quantitative estimate of drug-likeness (QED) is 0.371. The van der Waals surface area contributed by atoms with Crippen LogP contribution in [0, 0.1) is 0 Å². The van der Waals surface area contributed by atoms with Gasteiger partial charge in [0, 0.05) is 38.1 Å². The first-order valence-electron chi connectivity index (χ1n) is 10.5. The molecule has 1 aliphatic rings. The highest BCUT2D eigenvalue weighted by atomic mass is 32.2. The molecule has 0 aliphatic carbocycles. The van der Waals surface area contributed by atoms with E-state index in [0.717, 1.165) is 11.9 Å². The summed E-state index contributed by atoms with van der Waals surface area (Å²) in [5.41, 5.74) is 7.80. The molecule has 4 rings (SSSR count). The lowest BCUT2D eigenvalue weighted by molar-refractivity contribution is 0.100. The van der Waals surface area contributed by atoms with E-state index in [9.17, 15) is 13.2 Å². The average molecular weight is 487 g/mol. The minimum absolute atomic E-state index is 0.117. The molecule has 1 aromatic carbocycles. The van der Waals surface area contributed by atoms with E-state index in [1.165, 1.54) is 6.20 Å². The molecule has 0 spiro atoms. The van der Waals surface area contributed by atoms with Crippen molar-refractivity contribution in [3.8, 4) is 0 Å². The van der Waals surface area contributed by atoms with Crippen LogP contribution in [0.5, 0.6) is 0 Å². The number of nitrogens with one attached hydrogen (secondary N) is 3. The third-order valence-electron chi connectivity index (χ3n) is 5.21. The molecule has 12 nitrogen and oxygen atoms in total. The molecule has 0 bridgehead atoms. The maximum absolute atomic E-state index is 12.4. The molecule has 5 N–H and O–H groups in total. The van der Waals surface area contributed by atoms with E-state index < -0.39 is 15.9 Å². The normalized spacial score (nSPS) is 14.0. The molecule has 1 saturated heterocycles. The van der Waals surface area contributed by atoms with Gasteiger partial charge in [0.25, 0.3) is 5.91 Å². The number of hydrogen-bond donors (Lipinski definition) is 4. The Labute approximate surface area is 197 Å². The predicted octanol–water partition coefficient (Wildman–Crippen LogP) is 1.61. The molecular weight excluding hydrogens is 460 g/mol. The number of nitrogens with two attached hydrogens (primary N) is 1. The first kappa shape index (κ1) is 23.3. The Bertz CT molecular complexity index is 1300. The van der Waals surface area contributed by atoms with Crippen molar-refractivity contribution < 1.29 is 17.9 Å². The van der Waals surface area contributed by atoms with E-state index in [2.05, 4.69) is 30.3 Å². The second-order valence-corrected chi connectivity index (χ2v) is 9.49. The van der Waals surface area contributed by atoms with E-state index in [1.54, 1.807) is 42.2 Å². The van der Waals surface area contributed by atoms with Crippen molar-refractivity contribution in [3.05, 3.63) is 48.3 Å². The van der Waals surface area contributed by atoms with Gasteiger partial charge in [0.15, 0.2) is 0 Å². The Balaban J connectivity index is 1.71. The van der Waals surface area contributed by atoms with Crippen molar-refractivity contribution in [2.24, 2.45) is 12.8 Å². The molecule has 2 aromatic heterocycles. The van der Waals surface area contributed by atoms with Crippen molar-refractivity contribution in [1.29, 1.82) is 0 Å². The zero-order valence-corrected chi connectivity index (χ0v) is 19.6. The van der Waals surface area contributed by atoms with Crippen LogP contribution in [0.1, 0.15) is 10.4 Å². The van der Waals surface area contributed by atoms with Gasteiger partial charge in [-0.1, -0.05) is 0 Å². The number of pyridine rings is 1. The molecule has 3 heterocycles. The number of morpholine rings is 1. The van der Waals surface area contributed by atoms with Crippen molar-refractivity contribution in [3.63, 3.8) is 0 Å². The summed E-state index contributed by atoms with van der Waals surface area (Å²) in [6.07, 6.45) is 4.20. The van der Waals surface area contributed by atoms with Crippen LogP contribution in [0.15, 0.2) is 42.7 Å². The van der Waals surface area contributed by atoms with E-state index >= 15 is 0 Å². The van der Waals surface area contributed by atoms with Crippen molar-refractivity contribution in [1.82, 2.24) is 14.8 Å². The largest absolute Gasteiger partial charge is 0.378 e. The molecule has 180 valence electrons. The fourth-order valence-corrected chi connectivity index (χ4v) is 4.19. The van der Waals surface area contributed by atoms with Crippen LogP contribution in [-0.2, 0) is 21.8 Å². The van der Waals surface area contributed by atoms with E-state index in [1.807, 2.05) is 6.07 Å². The molecule has 0 atom stereocenters. The number of amides is 1. The highest BCUT2D eigenvalue weighted by Gasteiger charge is 2.19. The summed E-state index contributed by atoms with van der Waals surface area (Å²) < 4.78 is 33.7. The van der Waals surface area contributed by atoms with Gasteiger partial charge in [0.05, 0.1) is 42.7 Å². The number of carbonyl (C=O) groups is 1. The monoisotopic (exact) mass is 486 g/mol. The summed E-state index contributed by atoms with van der Waals surface area (Å²) in [7, 11) is -1.83. The molecular formula is C21H26N8O4S. The molecule has 13 heteroatoms. The Morgan fingerprint density at radius 1 is 1.06 bits per heavy atom. The molecule has 0 saturated carbocycles. The molecule has 0 radical (unpaired) electrons.